The topological polar surface area (TPSA) is 65.0 Å². The van der Waals surface area contributed by atoms with Crippen molar-refractivity contribution in [3.8, 4) is 22.9 Å². The first-order valence-electron chi connectivity index (χ1n) is 7.54. The summed E-state index contributed by atoms with van der Waals surface area (Å²) in [5.41, 5.74) is 0.875. The van der Waals surface area contributed by atoms with E-state index in [4.69, 9.17) is 9.47 Å². The zero-order valence-corrected chi connectivity index (χ0v) is 13.3. The second-order valence-electron chi connectivity index (χ2n) is 5.12. The molecule has 0 fully saturated rings. The third-order valence-electron chi connectivity index (χ3n) is 3.73. The number of aromatic amines is 1. The third-order valence-corrected chi connectivity index (χ3v) is 3.73. The first-order valence-corrected chi connectivity index (χ1v) is 7.54. The minimum absolute atomic E-state index is 0.753. The Morgan fingerprint density at radius 3 is 2.52 bits per heavy atom. The maximum Gasteiger partial charge on any atom is 0.147 e. The molecule has 6 heteroatoms. The van der Waals surface area contributed by atoms with Crippen LogP contribution in [0.5, 0.6) is 11.5 Å². The molecule has 6 nitrogen and oxygen atoms in total. The number of nitrogens with zero attached hydrogens (tertiary/aromatic N) is 3. The lowest BCUT2D eigenvalue weighted by atomic mass is 10.1. The van der Waals surface area contributed by atoms with Gasteiger partial charge in [-0.25, -0.2) is 9.97 Å². The van der Waals surface area contributed by atoms with Crippen molar-refractivity contribution in [2.75, 3.05) is 14.2 Å². The van der Waals surface area contributed by atoms with E-state index in [-0.39, 0.29) is 0 Å². The van der Waals surface area contributed by atoms with Crippen molar-refractivity contribution >= 4 is 0 Å². The molecule has 0 atom stereocenters. The summed E-state index contributed by atoms with van der Waals surface area (Å²) in [5.74, 6) is 3.35. The number of benzene rings is 1. The normalized spacial score (nSPS) is 10.7. The van der Waals surface area contributed by atoms with Gasteiger partial charge in [0.2, 0.25) is 0 Å². The van der Waals surface area contributed by atoms with Gasteiger partial charge in [0.05, 0.1) is 14.2 Å². The maximum absolute atomic E-state index is 5.48. The molecule has 120 valence electrons. The van der Waals surface area contributed by atoms with Gasteiger partial charge in [0.15, 0.2) is 0 Å². The standard InChI is InChI=1S/C17H20N4O2/c1-22-13-5-3-6-14(23-2)16(13)17-20-10-12-21(17)11-4-7-15-18-8-9-19-15/h3,5-6,8-10,12H,4,7,11H2,1-2H3,(H,18,19). The van der Waals surface area contributed by atoms with Crippen LogP contribution in [0.15, 0.2) is 43.0 Å². The Hall–Kier alpha value is -2.76. The van der Waals surface area contributed by atoms with Crippen LogP contribution >= 0.6 is 0 Å². The number of nitrogens with one attached hydrogen (secondary N) is 1. The fraction of sp³-hybridized carbons (Fsp3) is 0.294. The average molecular weight is 312 g/mol. The lowest BCUT2D eigenvalue weighted by molar-refractivity contribution is 0.396. The summed E-state index contributed by atoms with van der Waals surface area (Å²) in [6.45, 7) is 0.844. The number of rotatable bonds is 7. The fourth-order valence-electron chi connectivity index (χ4n) is 2.64. The Balaban J connectivity index is 1.83. The van der Waals surface area contributed by atoms with Gasteiger partial charge in [0.1, 0.15) is 28.7 Å². The highest BCUT2D eigenvalue weighted by molar-refractivity contribution is 5.72. The number of methoxy groups -OCH3 is 2. The lowest BCUT2D eigenvalue weighted by Crippen LogP contribution is -2.04. The monoisotopic (exact) mass is 312 g/mol. The number of ether oxygens (including phenoxy) is 2. The molecule has 0 bridgehead atoms. The van der Waals surface area contributed by atoms with Gasteiger partial charge in [-0.15, -0.1) is 0 Å². The highest BCUT2D eigenvalue weighted by atomic mass is 16.5. The molecule has 0 spiro atoms. The van der Waals surface area contributed by atoms with E-state index in [1.54, 1.807) is 26.6 Å². The van der Waals surface area contributed by atoms with Crippen LogP contribution in [0.25, 0.3) is 11.4 Å². The SMILES string of the molecule is COc1cccc(OC)c1-c1nccn1CCCc1ncc[nH]1. The molecule has 0 unspecified atom stereocenters. The summed E-state index contributed by atoms with van der Waals surface area (Å²) >= 11 is 0. The molecule has 0 radical (unpaired) electrons. The minimum Gasteiger partial charge on any atom is -0.496 e. The molecule has 0 aliphatic carbocycles. The van der Waals surface area contributed by atoms with Crippen molar-refractivity contribution in [1.82, 2.24) is 19.5 Å². The average Bonchev–Trinajstić information content (AvgIpc) is 3.26. The van der Waals surface area contributed by atoms with Gasteiger partial charge in [-0.05, 0) is 18.6 Å². The summed E-state index contributed by atoms with van der Waals surface area (Å²) in [7, 11) is 3.31. The van der Waals surface area contributed by atoms with Gasteiger partial charge < -0.3 is 19.0 Å². The molecule has 0 amide bonds. The van der Waals surface area contributed by atoms with Crippen LogP contribution in [0.1, 0.15) is 12.2 Å². The second-order valence-corrected chi connectivity index (χ2v) is 5.12. The summed E-state index contributed by atoms with van der Waals surface area (Å²) < 4.78 is 13.1. The Morgan fingerprint density at radius 2 is 1.87 bits per heavy atom. The van der Waals surface area contributed by atoms with Gasteiger partial charge in [-0.3, -0.25) is 0 Å². The van der Waals surface area contributed by atoms with Crippen LogP contribution in [-0.2, 0) is 13.0 Å². The van der Waals surface area contributed by atoms with E-state index < -0.39 is 0 Å². The van der Waals surface area contributed by atoms with Crippen molar-refractivity contribution in [2.45, 2.75) is 19.4 Å². The van der Waals surface area contributed by atoms with Crippen LogP contribution < -0.4 is 9.47 Å². The molecule has 2 heterocycles. The van der Waals surface area contributed by atoms with Crippen molar-refractivity contribution in [3.63, 3.8) is 0 Å². The number of hydrogen-bond donors (Lipinski definition) is 1. The minimum atomic E-state index is 0.753. The van der Waals surface area contributed by atoms with Crippen molar-refractivity contribution in [2.24, 2.45) is 0 Å². The summed E-state index contributed by atoms with van der Waals surface area (Å²) in [5, 5.41) is 0. The zero-order valence-electron chi connectivity index (χ0n) is 13.3. The Kier molecular flexibility index (Phi) is 4.61. The van der Waals surface area contributed by atoms with E-state index >= 15 is 0 Å². The maximum atomic E-state index is 5.48. The predicted octanol–water partition coefficient (Wildman–Crippen LogP) is 2.92. The van der Waals surface area contributed by atoms with E-state index in [9.17, 15) is 0 Å². The third kappa shape index (κ3) is 3.21. The molecular weight excluding hydrogens is 292 g/mol. The van der Waals surface area contributed by atoms with Crippen LogP contribution in [0, 0.1) is 0 Å². The van der Waals surface area contributed by atoms with Gasteiger partial charge >= 0.3 is 0 Å². The molecule has 3 rings (SSSR count). The molecule has 3 aromatic rings. The molecule has 0 aliphatic rings. The van der Waals surface area contributed by atoms with Gasteiger partial charge in [0.25, 0.3) is 0 Å². The molecule has 1 aromatic carbocycles. The molecule has 23 heavy (non-hydrogen) atoms. The summed E-state index contributed by atoms with van der Waals surface area (Å²) in [6.07, 6.45) is 9.26. The summed E-state index contributed by atoms with van der Waals surface area (Å²) in [4.78, 5) is 11.9. The van der Waals surface area contributed by atoms with E-state index in [0.717, 1.165) is 48.1 Å². The molecular formula is C17H20N4O2. The lowest BCUT2D eigenvalue weighted by Gasteiger charge is -2.14. The van der Waals surface area contributed by atoms with Gasteiger partial charge in [-0.1, -0.05) is 6.07 Å². The number of aromatic nitrogens is 4. The van der Waals surface area contributed by atoms with Crippen molar-refractivity contribution < 1.29 is 9.47 Å². The predicted molar refractivity (Wildman–Crippen MR) is 87.7 cm³/mol. The Labute approximate surface area is 135 Å². The first-order chi connectivity index (χ1) is 11.3. The highest BCUT2D eigenvalue weighted by Gasteiger charge is 2.17. The second kappa shape index (κ2) is 7.00. The number of imidazole rings is 2. The Bertz CT molecular complexity index is 728. The van der Waals surface area contributed by atoms with E-state index in [0.29, 0.717) is 0 Å². The van der Waals surface area contributed by atoms with Crippen LogP contribution in [0.4, 0.5) is 0 Å². The zero-order chi connectivity index (χ0) is 16.1. The largest absolute Gasteiger partial charge is 0.496 e. The van der Waals surface area contributed by atoms with Crippen LogP contribution in [0.3, 0.4) is 0 Å². The van der Waals surface area contributed by atoms with Gasteiger partial charge in [0, 0.05) is 37.8 Å². The smallest absolute Gasteiger partial charge is 0.147 e. The van der Waals surface area contributed by atoms with Crippen molar-refractivity contribution in [3.05, 3.63) is 48.8 Å². The van der Waals surface area contributed by atoms with E-state index in [1.165, 1.54) is 0 Å². The van der Waals surface area contributed by atoms with E-state index in [1.807, 2.05) is 30.6 Å². The van der Waals surface area contributed by atoms with E-state index in [2.05, 4.69) is 19.5 Å². The molecule has 2 aromatic heterocycles. The highest BCUT2D eigenvalue weighted by Crippen LogP contribution is 2.37. The van der Waals surface area contributed by atoms with Crippen LogP contribution in [0.2, 0.25) is 0 Å². The number of aryl methyl sites for hydroxylation is 2. The number of hydrogen-bond acceptors (Lipinski definition) is 4. The molecule has 0 saturated heterocycles. The number of H-pyrrole nitrogens is 1. The van der Waals surface area contributed by atoms with Crippen LogP contribution in [-0.4, -0.2) is 33.7 Å². The first kappa shape index (κ1) is 15.1. The fourth-order valence-corrected chi connectivity index (χ4v) is 2.64. The summed E-state index contributed by atoms with van der Waals surface area (Å²) in [6, 6.07) is 5.74. The molecule has 0 saturated carbocycles. The Morgan fingerprint density at radius 1 is 1.09 bits per heavy atom. The van der Waals surface area contributed by atoms with Gasteiger partial charge in [-0.2, -0.15) is 0 Å². The van der Waals surface area contributed by atoms with Crippen molar-refractivity contribution in [1.29, 1.82) is 0 Å². The quantitative estimate of drug-likeness (QED) is 0.728. The molecule has 0 aliphatic heterocycles. The molecule has 1 N–H and O–H groups in total.